The predicted octanol–water partition coefficient (Wildman–Crippen LogP) is 6.83. The standard InChI is InChI=1S/2C15H11N2.C9H5F3N3.Ir/c2*1-3-7-14(8-4-1)16-11-12-17(13-16)15-9-5-2-6-10-15;10-9(11,12)8-5-7(14-15-8)6-3-1-2-4-13-6;/h2*1-9,11-12H;1-5H;/q3*-1;. The van der Waals surface area contributed by atoms with Crippen molar-refractivity contribution >= 4 is 0 Å². The number of alkyl halides is 3. The Morgan fingerprint density at radius 3 is 1.54 bits per heavy atom. The zero-order chi connectivity index (χ0) is 33.9. The molecular weight excluding hydrogens is 816 g/mol. The largest absolute Gasteiger partial charge is 0.573 e. The number of halogens is 3. The van der Waals surface area contributed by atoms with Gasteiger partial charge in [-0.15, -0.1) is 0 Å². The van der Waals surface area contributed by atoms with Gasteiger partial charge in [0.15, 0.2) is 0 Å². The van der Waals surface area contributed by atoms with Crippen LogP contribution >= 0.6 is 0 Å². The molecule has 0 atom stereocenters. The minimum atomic E-state index is -4.46. The molecule has 0 aliphatic heterocycles. The number of hydrogen-bond acceptors (Lipinski definition) is 2. The molecule has 4 heterocycles. The number of aromatic nitrogens is 7. The average Bonchev–Trinajstić information content (AvgIpc) is 3.96. The van der Waals surface area contributed by atoms with Crippen LogP contribution < -0.4 is 14.2 Å². The summed E-state index contributed by atoms with van der Waals surface area (Å²) in [4.78, 5) is 3.87. The van der Waals surface area contributed by atoms with E-state index in [2.05, 4.69) is 64.2 Å². The summed E-state index contributed by atoms with van der Waals surface area (Å²) in [5.41, 5.74) is 3.68. The molecule has 0 fully saturated rings. The minimum Gasteiger partial charge on any atom is -0.573 e. The monoisotopic (exact) mass is 843 g/mol. The van der Waals surface area contributed by atoms with Gasteiger partial charge in [-0.2, -0.15) is 73.8 Å². The van der Waals surface area contributed by atoms with Gasteiger partial charge in [-0.05, 0) is 53.8 Å². The molecule has 0 saturated carbocycles. The zero-order valence-corrected chi connectivity index (χ0v) is 28.6. The van der Waals surface area contributed by atoms with Crippen LogP contribution in [-0.2, 0) is 26.3 Å². The van der Waals surface area contributed by atoms with Crippen molar-refractivity contribution in [3.05, 3.63) is 195 Å². The maximum atomic E-state index is 12.2. The van der Waals surface area contributed by atoms with E-state index in [1.54, 1.807) is 18.2 Å². The first-order chi connectivity index (χ1) is 23.9. The van der Waals surface area contributed by atoms with Crippen LogP contribution in [0, 0.1) is 24.8 Å². The van der Waals surface area contributed by atoms with Crippen molar-refractivity contribution in [1.29, 1.82) is 0 Å². The maximum Gasteiger partial charge on any atom is 0.431 e. The Bertz CT molecular complexity index is 1930. The molecule has 0 amide bonds. The van der Waals surface area contributed by atoms with E-state index in [0.717, 1.165) is 28.8 Å². The van der Waals surface area contributed by atoms with Crippen LogP contribution in [0.15, 0.2) is 164 Å². The quantitative estimate of drug-likeness (QED) is 0.141. The normalized spacial score (nSPS) is 10.5. The van der Waals surface area contributed by atoms with Gasteiger partial charge >= 0.3 is 6.18 Å². The van der Waals surface area contributed by atoms with Crippen molar-refractivity contribution in [2.24, 2.45) is 0 Å². The maximum absolute atomic E-state index is 12.2. The predicted molar refractivity (Wildman–Crippen MR) is 176 cm³/mol. The summed E-state index contributed by atoms with van der Waals surface area (Å²) in [7, 11) is 0. The molecule has 7 nitrogen and oxygen atoms in total. The zero-order valence-electron chi connectivity index (χ0n) is 26.2. The molecule has 0 aliphatic rings. The molecule has 0 bridgehead atoms. The Hall–Kier alpha value is -5.90. The SMILES string of the molecule is FC(F)(F)c1cc(-c2ccccn2)[n-]n1.[Ir].[c-]1ccccc1-n1[c-][n+](-c2ccccc2)cc1.[c-]1ccccc1-n1[c-][n+](-c2ccccc2)cc1. The summed E-state index contributed by atoms with van der Waals surface area (Å²) in [6.45, 7) is 0. The van der Waals surface area contributed by atoms with E-state index in [0.29, 0.717) is 5.69 Å². The van der Waals surface area contributed by atoms with Crippen LogP contribution in [0.1, 0.15) is 5.69 Å². The summed E-state index contributed by atoms with van der Waals surface area (Å²) in [5, 5.41) is 6.47. The van der Waals surface area contributed by atoms with E-state index in [1.807, 2.05) is 128 Å². The van der Waals surface area contributed by atoms with E-state index >= 15 is 0 Å². The van der Waals surface area contributed by atoms with Gasteiger partial charge < -0.3 is 19.3 Å². The van der Waals surface area contributed by atoms with E-state index in [1.165, 1.54) is 6.20 Å². The average molecular weight is 843 g/mol. The second-order valence-electron chi connectivity index (χ2n) is 10.3. The third-order valence-electron chi connectivity index (χ3n) is 6.89. The van der Waals surface area contributed by atoms with Gasteiger partial charge in [0.25, 0.3) is 12.7 Å². The molecule has 0 saturated heterocycles. The Kier molecular flexibility index (Phi) is 12.0. The van der Waals surface area contributed by atoms with E-state index in [-0.39, 0.29) is 25.8 Å². The van der Waals surface area contributed by atoms with Crippen LogP contribution in [0.4, 0.5) is 13.2 Å². The van der Waals surface area contributed by atoms with E-state index in [4.69, 9.17) is 0 Å². The van der Waals surface area contributed by atoms with E-state index in [9.17, 15) is 13.2 Å². The fourth-order valence-corrected chi connectivity index (χ4v) is 4.51. The minimum absolute atomic E-state index is 0. The van der Waals surface area contributed by atoms with Gasteiger partial charge in [-0.1, -0.05) is 48.2 Å². The summed E-state index contributed by atoms with van der Waals surface area (Å²) in [6, 6.07) is 48.1. The molecule has 50 heavy (non-hydrogen) atoms. The molecule has 8 aromatic rings. The van der Waals surface area contributed by atoms with Gasteiger partial charge in [-0.25, -0.2) is 0 Å². The number of pyridine rings is 1. The molecule has 11 heteroatoms. The van der Waals surface area contributed by atoms with Crippen molar-refractivity contribution in [2.75, 3.05) is 0 Å². The molecule has 4 aromatic carbocycles. The Balaban J connectivity index is 0.000000145. The first kappa shape index (κ1) is 35.4. The van der Waals surface area contributed by atoms with Crippen LogP contribution in [0.5, 0.6) is 0 Å². The molecule has 1 radical (unpaired) electrons. The summed E-state index contributed by atoms with van der Waals surface area (Å²) in [6.07, 6.45) is 11.4. The summed E-state index contributed by atoms with van der Waals surface area (Å²) < 4.78 is 44.3. The molecule has 0 aliphatic carbocycles. The first-order valence-electron chi connectivity index (χ1n) is 15.0. The molecule has 0 N–H and O–H groups in total. The second kappa shape index (κ2) is 17.0. The molecule has 0 unspecified atom stereocenters. The van der Waals surface area contributed by atoms with Crippen molar-refractivity contribution in [3.8, 4) is 34.1 Å². The van der Waals surface area contributed by atoms with Gasteiger partial charge in [0, 0.05) is 56.8 Å². The Morgan fingerprint density at radius 2 is 1.12 bits per heavy atom. The number of nitrogens with zero attached hydrogens (tertiary/aromatic N) is 7. The smallest absolute Gasteiger partial charge is 0.431 e. The summed E-state index contributed by atoms with van der Waals surface area (Å²) in [5.74, 6) is 0. The molecule has 0 spiro atoms. The van der Waals surface area contributed by atoms with E-state index < -0.39 is 11.9 Å². The fraction of sp³-hybridized carbons (Fsp3) is 0.0256. The van der Waals surface area contributed by atoms with Gasteiger partial charge in [0.2, 0.25) is 0 Å². The van der Waals surface area contributed by atoms with Crippen molar-refractivity contribution in [3.63, 3.8) is 0 Å². The molecular formula is C39H27F3IrN7-3. The number of rotatable bonds is 5. The Morgan fingerprint density at radius 1 is 0.620 bits per heavy atom. The third-order valence-corrected chi connectivity index (χ3v) is 6.89. The molecule has 251 valence electrons. The van der Waals surface area contributed by atoms with Gasteiger partial charge in [0.05, 0.1) is 11.4 Å². The molecule has 4 aromatic heterocycles. The van der Waals surface area contributed by atoms with Crippen molar-refractivity contribution < 1.29 is 42.4 Å². The number of hydrogen-bond donors (Lipinski definition) is 0. The molecule has 8 rings (SSSR count). The van der Waals surface area contributed by atoms with Gasteiger partial charge in [0.1, 0.15) is 5.69 Å². The van der Waals surface area contributed by atoms with Crippen molar-refractivity contribution in [1.82, 2.24) is 24.3 Å². The Labute approximate surface area is 300 Å². The van der Waals surface area contributed by atoms with Crippen molar-refractivity contribution in [2.45, 2.75) is 6.18 Å². The van der Waals surface area contributed by atoms with Gasteiger partial charge in [-0.3, -0.25) is 14.1 Å². The number of para-hydroxylation sites is 4. The van der Waals surface area contributed by atoms with Crippen LogP contribution in [0.25, 0.3) is 34.1 Å². The number of imidazole rings is 2. The topological polar surface area (TPSA) is 57.5 Å². The van der Waals surface area contributed by atoms with Crippen LogP contribution in [-0.4, -0.2) is 19.2 Å². The fourth-order valence-electron chi connectivity index (χ4n) is 4.51. The third kappa shape index (κ3) is 9.37. The van der Waals surface area contributed by atoms with Crippen LogP contribution in [0.3, 0.4) is 0 Å². The van der Waals surface area contributed by atoms with Crippen LogP contribution in [0.2, 0.25) is 0 Å². The first-order valence-corrected chi connectivity index (χ1v) is 15.0. The summed E-state index contributed by atoms with van der Waals surface area (Å²) >= 11 is 0. The number of benzene rings is 4. The second-order valence-corrected chi connectivity index (χ2v) is 10.3.